The van der Waals surface area contributed by atoms with Crippen molar-refractivity contribution in [1.82, 2.24) is 0 Å². The minimum absolute atomic E-state index is 0.116. The van der Waals surface area contributed by atoms with Crippen molar-refractivity contribution in [2.24, 2.45) is 0 Å². The van der Waals surface area contributed by atoms with E-state index in [1.165, 1.54) is 42.5 Å². The highest BCUT2D eigenvalue weighted by Crippen LogP contribution is 2.43. The summed E-state index contributed by atoms with van der Waals surface area (Å²) in [5, 5.41) is 10.6. The summed E-state index contributed by atoms with van der Waals surface area (Å²) in [5.74, 6) is 0.0265. The van der Waals surface area contributed by atoms with Crippen LogP contribution >= 0.6 is 34.9 Å². The maximum Gasteiger partial charge on any atom is 0.341 e. The lowest BCUT2D eigenvalue weighted by molar-refractivity contribution is 0.0597. The fourth-order valence-corrected chi connectivity index (χ4v) is 4.73. The van der Waals surface area contributed by atoms with Gasteiger partial charge in [0.15, 0.2) is 0 Å². The van der Waals surface area contributed by atoms with E-state index in [2.05, 4.69) is 9.46 Å². The summed E-state index contributed by atoms with van der Waals surface area (Å²) in [6.07, 6.45) is 0. The number of carbonyl (C=O) groups excluding carboxylic acids is 1. The van der Waals surface area contributed by atoms with Gasteiger partial charge in [-0.1, -0.05) is 23.7 Å². The number of anilines is 1. The molecule has 27 heavy (non-hydrogen) atoms. The number of esters is 1. The normalized spacial score (nSPS) is 10.5. The number of aromatic hydroxyl groups is 1. The Balaban J connectivity index is 1.76. The molecule has 0 radical (unpaired) electrons. The summed E-state index contributed by atoms with van der Waals surface area (Å²) < 4.78 is 14.1. The molecule has 140 valence electrons. The SMILES string of the molecule is COC(=O)c1ccc(NSc2cc(Cl)c(-c3ccccc3OC)s2)cc1O. The van der Waals surface area contributed by atoms with Crippen molar-refractivity contribution in [1.29, 1.82) is 0 Å². The number of phenolic OH excluding ortho intramolecular Hbond substituents is 1. The van der Waals surface area contributed by atoms with Crippen molar-refractivity contribution in [3.63, 3.8) is 0 Å². The Bertz CT molecular complexity index is 974. The summed E-state index contributed by atoms with van der Waals surface area (Å²) in [6.45, 7) is 0. The molecule has 5 nitrogen and oxygen atoms in total. The summed E-state index contributed by atoms with van der Waals surface area (Å²) in [7, 11) is 2.89. The molecule has 3 aromatic rings. The van der Waals surface area contributed by atoms with E-state index < -0.39 is 5.97 Å². The van der Waals surface area contributed by atoms with Crippen LogP contribution in [0.25, 0.3) is 10.4 Å². The maximum atomic E-state index is 11.5. The zero-order chi connectivity index (χ0) is 19.4. The highest BCUT2D eigenvalue weighted by Gasteiger charge is 2.15. The first-order chi connectivity index (χ1) is 13.0. The minimum Gasteiger partial charge on any atom is -0.507 e. The van der Waals surface area contributed by atoms with Gasteiger partial charge in [0.25, 0.3) is 0 Å². The molecule has 1 aromatic heterocycles. The number of halogens is 1. The molecule has 0 saturated carbocycles. The van der Waals surface area contributed by atoms with Gasteiger partial charge in [-0.15, -0.1) is 11.3 Å². The van der Waals surface area contributed by atoms with Crippen molar-refractivity contribution in [2.75, 3.05) is 18.9 Å². The predicted octanol–water partition coefficient (Wildman–Crippen LogP) is 5.69. The Hall–Kier alpha value is -2.35. The van der Waals surface area contributed by atoms with Crippen LogP contribution < -0.4 is 9.46 Å². The number of methoxy groups -OCH3 is 2. The number of phenols is 1. The Morgan fingerprint density at radius 3 is 2.67 bits per heavy atom. The molecular formula is C19H16ClNO4S2. The van der Waals surface area contributed by atoms with Gasteiger partial charge in [-0.25, -0.2) is 4.79 Å². The molecule has 2 N–H and O–H groups in total. The Morgan fingerprint density at radius 1 is 1.19 bits per heavy atom. The number of rotatable bonds is 6. The fraction of sp³-hybridized carbons (Fsp3) is 0.105. The molecule has 0 aliphatic rings. The summed E-state index contributed by atoms with van der Waals surface area (Å²) >= 11 is 9.30. The lowest BCUT2D eigenvalue weighted by Crippen LogP contribution is -2.01. The first kappa shape index (κ1) is 19.4. The smallest absolute Gasteiger partial charge is 0.341 e. The van der Waals surface area contributed by atoms with Crippen molar-refractivity contribution in [3.05, 3.63) is 59.1 Å². The number of para-hydroxylation sites is 1. The van der Waals surface area contributed by atoms with Gasteiger partial charge in [-0.05, 0) is 42.3 Å². The Kier molecular flexibility index (Phi) is 6.15. The highest BCUT2D eigenvalue weighted by atomic mass is 35.5. The molecule has 0 saturated heterocycles. The van der Waals surface area contributed by atoms with Crippen LogP contribution in [0.2, 0.25) is 5.02 Å². The average Bonchev–Trinajstić information content (AvgIpc) is 3.06. The lowest BCUT2D eigenvalue weighted by Gasteiger charge is -2.07. The number of ether oxygens (including phenoxy) is 2. The molecule has 0 bridgehead atoms. The number of nitrogens with one attached hydrogen (secondary N) is 1. The van der Waals surface area contributed by atoms with Gasteiger partial charge >= 0.3 is 5.97 Å². The third-order valence-corrected chi connectivity index (χ3v) is 6.22. The van der Waals surface area contributed by atoms with Gasteiger partial charge in [-0.3, -0.25) is 0 Å². The second-order valence-corrected chi connectivity index (χ2v) is 7.94. The highest BCUT2D eigenvalue weighted by molar-refractivity contribution is 8.02. The minimum atomic E-state index is -0.585. The molecule has 0 spiro atoms. The molecule has 0 atom stereocenters. The van der Waals surface area contributed by atoms with Crippen molar-refractivity contribution in [2.45, 2.75) is 4.21 Å². The number of hydrogen-bond donors (Lipinski definition) is 2. The lowest BCUT2D eigenvalue weighted by atomic mass is 10.1. The molecule has 1 heterocycles. The molecule has 0 amide bonds. The van der Waals surface area contributed by atoms with Gasteiger partial charge in [0.2, 0.25) is 0 Å². The Labute approximate surface area is 170 Å². The van der Waals surface area contributed by atoms with Crippen LogP contribution in [0.1, 0.15) is 10.4 Å². The molecule has 2 aromatic carbocycles. The summed E-state index contributed by atoms with van der Waals surface area (Å²) in [6, 6.07) is 14.2. The first-order valence-electron chi connectivity index (χ1n) is 7.80. The fourth-order valence-electron chi connectivity index (χ4n) is 2.40. The topological polar surface area (TPSA) is 67.8 Å². The predicted molar refractivity (Wildman–Crippen MR) is 110 cm³/mol. The zero-order valence-corrected chi connectivity index (χ0v) is 16.9. The van der Waals surface area contributed by atoms with E-state index in [1.54, 1.807) is 13.2 Å². The number of thiophene rings is 1. The van der Waals surface area contributed by atoms with E-state index in [0.717, 1.165) is 20.4 Å². The third kappa shape index (κ3) is 4.32. The van der Waals surface area contributed by atoms with Crippen LogP contribution in [-0.4, -0.2) is 25.3 Å². The molecule has 0 fully saturated rings. The van der Waals surface area contributed by atoms with Crippen molar-refractivity contribution >= 4 is 46.5 Å². The van der Waals surface area contributed by atoms with Crippen LogP contribution in [0.15, 0.2) is 52.7 Å². The van der Waals surface area contributed by atoms with Crippen LogP contribution in [0.5, 0.6) is 11.5 Å². The van der Waals surface area contributed by atoms with Gasteiger partial charge < -0.3 is 19.3 Å². The average molecular weight is 422 g/mol. The number of carbonyl (C=O) groups is 1. The quantitative estimate of drug-likeness (QED) is 0.393. The van der Waals surface area contributed by atoms with Crippen LogP contribution in [0.3, 0.4) is 0 Å². The van der Waals surface area contributed by atoms with E-state index in [0.29, 0.717) is 10.7 Å². The van der Waals surface area contributed by atoms with Crippen LogP contribution in [0, 0.1) is 0 Å². The van der Waals surface area contributed by atoms with Crippen LogP contribution in [-0.2, 0) is 4.74 Å². The second-order valence-electron chi connectivity index (χ2n) is 5.37. The number of benzene rings is 2. The molecule has 0 unspecified atom stereocenters. The van der Waals surface area contributed by atoms with Crippen LogP contribution in [0.4, 0.5) is 5.69 Å². The van der Waals surface area contributed by atoms with E-state index in [-0.39, 0.29) is 11.3 Å². The third-order valence-electron chi connectivity index (χ3n) is 3.69. The van der Waals surface area contributed by atoms with Gasteiger partial charge in [0.05, 0.1) is 28.3 Å². The molecule has 8 heteroatoms. The van der Waals surface area contributed by atoms with Gasteiger partial charge in [0.1, 0.15) is 17.1 Å². The van der Waals surface area contributed by atoms with E-state index >= 15 is 0 Å². The molecule has 3 rings (SSSR count). The largest absolute Gasteiger partial charge is 0.507 e. The molecular weight excluding hydrogens is 406 g/mol. The standard InChI is InChI=1S/C19H16ClNO4S2/c1-24-16-6-4-3-5-13(16)18-14(20)10-17(26-18)27-21-11-7-8-12(15(22)9-11)19(23)25-2/h3-10,21-22H,1-2H3. The van der Waals surface area contributed by atoms with E-state index in [9.17, 15) is 9.90 Å². The molecule has 0 aliphatic heterocycles. The van der Waals surface area contributed by atoms with Gasteiger partial charge in [0, 0.05) is 17.3 Å². The monoisotopic (exact) mass is 421 g/mol. The molecule has 0 aliphatic carbocycles. The summed E-state index contributed by atoms with van der Waals surface area (Å²) in [4.78, 5) is 12.4. The number of hydrogen-bond acceptors (Lipinski definition) is 7. The van der Waals surface area contributed by atoms with Crippen molar-refractivity contribution < 1.29 is 19.4 Å². The zero-order valence-electron chi connectivity index (χ0n) is 14.5. The van der Waals surface area contributed by atoms with Gasteiger partial charge in [-0.2, -0.15) is 0 Å². The van der Waals surface area contributed by atoms with E-state index in [4.69, 9.17) is 16.3 Å². The first-order valence-corrected chi connectivity index (χ1v) is 9.81. The van der Waals surface area contributed by atoms with Crippen molar-refractivity contribution in [3.8, 4) is 21.9 Å². The summed E-state index contributed by atoms with van der Waals surface area (Å²) in [5.41, 5.74) is 1.70. The van der Waals surface area contributed by atoms with E-state index in [1.807, 2.05) is 30.3 Å². The maximum absolute atomic E-state index is 11.5. The second kappa shape index (κ2) is 8.56. The Morgan fingerprint density at radius 2 is 1.96 bits per heavy atom.